The number of carbonyl (C=O) groups is 1. The van der Waals surface area contributed by atoms with Crippen LogP contribution in [0.15, 0.2) is 6.20 Å². The molecule has 1 aromatic rings. The van der Waals surface area contributed by atoms with E-state index < -0.39 is 5.60 Å². The Kier molecular flexibility index (Phi) is 6.38. The first-order valence-electron chi connectivity index (χ1n) is 9.59. The van der Waals surface area contributed by atoms with Crippen molar-refractivity contribution in [2.75, 3.05) is 29.5 Å². The molecule has 1 aromatic heterocycles. The van der Waals surface area contributed by atoms with Crippen LogP contribution < -0.4 is 16.4 Å². The number of hydrogen-bond donors (Lipinski definition) is 3. The fourth-order valence-corrected chi connectivity index (χ4v) is 2.98. The second-order valence-electron chi connectivity index (χ2n) is 9.06. The molecule has 2 heterocycles. The third-order valence-corrected chi connectivity index (χ3v) is 4.08. The van der Waals surface area contributed by atoms with Crippen molar-refractivity contribution < 1.29 is 9.53 Å². The van der Waals surface area contributed by atoms with Gasteiger partial charge in [-0.1, -0.05) is 0 Å². The lowest BCUT2D eigenvalue weighted by Crippen LogP contribution is -2.40. The standard InChI is InChI=1S/C19H34N6O2/c1-18(2,3)24-16-22-12-14(20)15(23-16)21-10-9-13-8-7-11-25(13)17(26)27-19(4,5)6/h12-13H,7-11,20H2,1-6H3,(H2,21,22,23,24). The molecule has 0 aromatic carbocycles. The highest BCUT2D eigenvalue weighted by Crippen LogP contribution is 2.24. The van der Waals surface area contributed by atoms with Gasteiger partial charge in [-0.2, -0.15) is 4.98 Å². The molecule has 8 heteroatoms. The maximum Gasteiger partial charge on any atom is 0.410 e. The van der Waals surface area contributed by atoms with Gasteiger partial charge in [0.25, 0.3) is 0 Å². The highest BCUT2D eigenvalue weighted by molar-refractivity contribution is 5.69. The van der Waals surface area contributed by atoms with Gasteiger partial charge in [-0.25, -0.2) is 9.78 Å². The number of carbonyl (C=O) groups excluding carboxylic acids is 1. The van der Waals surface area contributed by atoms with Gasteiger partial charge in [0.15, 0.2) is 5.82 Å². The van der Waals surface area contributed by atoms with Gasteiger partial charge in [0.05, 0.1) is 11.9 Å². The Hall–Kier alpha value is -2.25. The number of nitrogens with zero attached hydrogens (tertiary/aromatic N) is 3. The molecule has 0 aliphatic carbocycles. The number of ether oxygens (including phenoxy) is 1. The minimum atomic E-state index is -0.478. The van der Waals surface area contributed by atoms with E-state index in [1.165, 1.54) is 0 Å². The van der Waals surface area contributed by atoms with Gasteiger partial charge in [-0.05, 0) is 60.8 Å². The first kappa shape index (κ1) is 21.1. The number of nitrogens with one attached hydrogen (secondary N) is 2. The SMILES string of the molecule is CC(C)(C)Nc1ncc(N)c(NCCC2CCCN2C(=O)OC(C)(C)C)n1. The second kappa shape index (κ2) is 8.19. The number of nitrogens with two attached hydrogens (primary N) is 1. The van der Waals surface area contributed by atoms with E-state index in [0.717, 1.165) is 25.8 Å². The van der Waals surface area contributed by atoms with Crippen LogP contribution >= 0.6 is 0 Å². The zero-order valence-corrected chi connectivity index (χ0v) is 17.4. The summed E-state index contributed by atoms with van der Waals surface area (Å²) in [7, 11) is 0. The molecule has 0 saturated carbocycles. The summed E-state index contributed by atoms with van der Waals surface area (Å²) >= 11 is 0. The molecule has 8 nitrogen and oxygen atoms in total. The predicted molar refractivity (Wildman–Crippen MR) is 109 cm³/mol. The Bertz CT molecular complexity index is 651. The van der Waals surface area contributed by atoms with E-state index in [2.05, 4.69) is 20.6 Å². The van der Waals surface area contributed by atoms with Crippen molar-refractivity contribution in [3.63, 3.8) is 0 Å². The van der Waals surface area contributed by atoms with Crippen LogP contribution in [0.3, 0.4) is 0 Å². The molecule has 1 saturated heterocycles. The smallest absolute Gasteiger partial charge is 0.410 e. The summed E-state index contributed by atoms with van der Waals surface area (Å²) < 4.78 is 5.52. The topological polar surface area (TPSA) is 105 Å². The number of aromatic nitrogens is 2. The maximum absolute atomic E-state index is 12.4. The molecule has 1 atom stereocenters. The Morgan fingerprint density at radius 3 is 2.67 bits per heavy atom. The minimum absolute atomic E-state index is 0.134. The van der Waals surface area contributed by atoms with Crippen LogP contribution in [0.5, 0.6) is 0 Å². The van der Waals surface area contributed by atoms with E-state index in [1.807, 2.05) is 46.4 Å². The summed E-state index contributed by atoms with van der Waals surface area (Å²) in [4.78, 5) is 22.9. The van der Waals surface area contributed by atoms with E-state index >= 15 is 0 Å². The summed E-state index contributed by atoms with van der Waals surface area (Å²) in [5.74, 6) is 1.15. The van der Waals surface area contributed by atoms with Gasteiger partial charge in [0, 0.05) is 24.7 Å². The molecule has 4 N–H and O–H groups in total. The van der Waals surface area contributed by atoms with Crippen molar-refractivity contribution >= 4 is 23.5 Å². The third kappa shape index (κ3) is 6.77. The Labute approximate surface area is 162 Å². The zero-order valence-electron chi connectivity index (χ0n) is 17.4. The maximum atomic E-state index is 12.4. The predicted octanol–water partition coefficient (Wildman–Crippen LogP) is 3.47. The lowest BCUT2D eigenvalue weighted by molar-refractivity contribution is 0.0223. The molecule has 0 bridgehead atoms. The first-order chi connectivity index (χ1) is 12.4. The van der Waals surface area contributed by atoms with Gasteiger partial charge in [0.2, 0.25) is 5.95 Å². The fourth-order valence-electron chi connectivity index (χ4n) is 2.98. The van der Waals surface area contributed by atoms with Crippen LogP contribution in [0, 0.1) is 0 Å². The number of amides is 1. The monoisotopic (exact) mass is 378 g/mol. The molecule has 1 fully saturated rings. The molecule has 1 aliphatic rings. The molecule has 0 radical (unpaired) electrons. The van der Waals surface area contributed by atoms with Crippen molar-refractivity contribution in [2.45, 2.75) is 78.0 Å². The average Bonchev–Trinajstić information content (AvgIpc) is 2.96. The Balaban J connectivity index is 1.91. The van der Waals surface area contributed by atoms with Crippen molar-refractivity contribution in [2.24, 2.45) is 0 Å². The summed E-state index contributed by atoms with van der Waals surface area (Å²) in [5.41, 5.74) is 5.89. The minimum Gasteiger partial charge on any atom is -0.444 e. The number of likely N-dealkylation sites (tertiary alicyclic amines) is 1. The highest BCUT2D eigenvalue weighted by Gasteiger charge is 2.31. The van der Waals surface area contributed by atoms with Crippen LogP contribution in [0.1, 0.15) is 60.8 Å². The first-order valence-corrected chi connectivity index (χ1v) is 9.59. The molecular formula is C19H34N6O2. The summed E-state index contributed by atoms with van der Waals surface area (Å²) in [5, 5.41) is 6.52. The van der Waals surface area contributed by atoms with Gasteiger partial charge in [0.1, 0.15) is 5.60 Å². The van der Waals surface area contributed by atoms with Crippen molar-refractivity contribution in [3.8, 4) is 0 Å². The zero-order chi connectivity index (χ0) is 20.2. The number of nitrogen functional groups attached to an aromatic ring is 1. The van der Waals surface area contributed by atoms with Gasteiger partial charge >= 0.3 is 6.09 Å². The largest absolute Gasteiger partial charge is 0.444 e. The van der Waals surface area contributed by atoms with Crippen LogP contribution in [0.25, 0.3) is 0 Å². The van der Waals surface area contributed by atoms with Crippen molar-refractivity contribution in [1.82, 2.24) is 14.9 Å². The van der Waals surface area contributed by atoms with Crippen LogP contribution in [0.4, 0.5) is 22.2 Å². The van der Waals surface area contributed by atoms with Crippen LogP contribution in [-0.2, 0) is 4.74 Å². The molecule has 1 amide bonds. The lowest BCUT2D eigenvalue weighted by atomic mass is 10.1. The van der Waals surface area contributed by atoms with Crippen molar-refractivity contribution in [3.05, 3.63) is 6.20 Å². The van der Waals surface area contributed by atoms with E-state index in [1.54, 1.807) is 6.20 Å². The summed E-state index contributed by atoms with van der Waals surface area (Å²) in [6.07, 6.45) is 4.16. The molecule has 0 spiro atoms. The third-order valence-electron chi connectivity index (χ3n) is 4.08. The molecule has 1 unspecified atom stereocenters. The summed E-state index contributed by atoms with van der Waals surface area (Å²) in [6, 6.07) is 0.169. The van der Waals surface area contributed by atoms with E-state index in [9.17, 15) is 4.79 Å². The van der Waals surface area contributed by atoms with Gasteiger partial charge in [-0.3, -0.25) is 0 Å². The highest BCUT2D eigenvalue weighted by atomic mass is 16.6. The number of anilines is 3. The van der Waals surface area contributed by atoms with E-state index in [4.69, 9.17) is 10.5 Å². The van der Waals surface area contributed by atoms with Gasteiger partial charge < -0.3 is 26.0 Å². The fraction of sp³-hybridized carbons (Fsp3) is 0.737. The molecule has 27 heavy (non-hydrogen) atoms. The van der Waals surface area contributed by atoms with Crippen LogP contribution in [0.2, 0.25) is 0 Å². The van der Waals surface area contributed by atoms with Crippen LogP contribution in [-0.4, -0.2) is 51.2 Å². The molecular weight excluding hydrogens is 344 g/mol. The average molecular weight is 379 g/mol. The lowest BCUT2D eigenvalue weighted by Gasteiger charge is -2.28. The summed E-state index contributed by atoms with van der Waals surface area (Å²) in [6.45, 7) is 13.2. The Morgan fingerprint density at radius 2 is 2.04 bits per heavy atom. The van der Waals surface area contributed by atoms with Gasteiger partial charge in [-0.15, -0.1) is 0 Å². The quantitative estimate of drug-likeness (QED) is 0.720. The number of rotatable bonds is 5. The number of hydrogen-bond acceptors (Lipinski definition) is 7. The second-order valence-corrected chi connectivity index (χ2v) is 9.06. The molecule has 1 aliphatic heterocycles. The Morgan fingerprint density at radius 1 is 1.33 bits per heavy atom. The van der Waals surface area contributed by atoms with Crippen molar-refractivity contribution in [1.29, 1.82) is 0 Å². The normalized spacial score (nSPS) is 17.7. The van der Waals surface area contributed by atoms with E-state index in [0.29, 0.717) is 24.0 Å². The van der Waals surface area contributed by atoms with E-state index in [-0.39, 0.29) is 17.7 Å². The molecule has 2 rings (SSSR count). The molecule has 152 valence electrons.